The summed E-state index contributed by atoms with van der Waals surface area (Å²) in [6.45, 7) is 0. The van der Waals surface area contributed by atoms with E-state index in [0.29, 0.717) is 0 Å². The van der Waals surface area contributed by atoms with Gasteiger partial charge in [-0.25, -0.2) is 4.98 Å². The number of fused-ring (bicyclic) bond motifs is 13. The highest BCUT2D eigenvalue weighted by molar-refractivity contribution is 6.36. The minimum atomic E-state index is 0.945. The summed E-state index contributed by atoms with van der Waals surface area (Å²) in [5, 5.41) is 13.8. The van der Waals surface area contributed by atoms with Crippen LogP contribution in [0.4, 0.5) is 0 Å². The predicted octanol–water partition coefficient (Wildman–Crippen LogP) is 13.0. The van der Waals surface area contributed by atoms with Gasteiger partial charge in [-0.15, -0.1) is 0 Å². The van der Waals surface area contributed by atoms with Crippen molar-refractivity contribution in [2.75, 3.05) is 0 Å². The van der Waals surface area contributed by atoms with Crippen molar-refractivity contribution < 1.29 is 0 Å². The number of nitrogens with zero attached hydrogens (tertiary/aromatic N) is 3. The second kappa shape index (κ2) is 10.3. The number of hydrogen-bond donors (Lipinski definition) is 0. The largest absolute Gasteiger partial charge is 0.294 e. The third kappa shape index (κ3) is 3.72. The van der Waals surface area contributed by atoms with E-state index in [4.69, 9.17) is 4.98 Å². The first kappa shape index (κ1) is 27.8. The van der Waals surface area contributed by atoms with Crippen molar-refractivity contribution >= 4 is 81.4 Å². The van der Waals surface area contributed by atoms with E-state index in [9.17, 15) is 0 Å². The zero-order chi connectivity index (χ0) is 33.9. The summed E-state index contributed by atoms with van der Waals surface area (Å²) in [7, 11) is 0. The number of hydrogen-bond acceptors (Lipinski definition) is 1. The maximum Gasteiger partial charge on any atom is 0.131 e. The lowest BCUT2D eigenvalue weighted by molar-refractivity contribution is 1.12. The van der Waals surface area contributed by atoms with Gasteiger partial charge >= 0.3 is 0 Å². The van der Waals surface area contributed by atoms with Crippen molar-refractivity contribution in [3.63, 3.8) is 0 Å². The lowest BCUT2D eigenvalue weighted by atomic mass is 9.99. The van der Waals surface area contributed by atoms with E-state index in [-0.39, 0.29) is 0 Å². The highest BCUT2D eigenvalue weighted by atomic mass is 15.1. The Kier molecular flexibility index (Phi) is 5.50. The third-order valence-electron chi connectivity index (χ3n) is 11.2. The van der Waals surface area contributed by atoms with Gasteiger partial charge in [0.1, 0.15) is 5.65 Å². The minimum absolute atomic E-state index is 0.945. The molecule has 0 aliphatic carbocycles. The molecule has 8 aromatic carbocycles. The molecule has 12 rings (SSSR count). The second-order valence-electron chi connectivity index (χ2n) is 14.0. The monoisotopic (exact) mass is 659 g/mol. The van der Waals surface area contributed by atoms with Gasteiger partial charge in [-0.2, -0.15) is 0 Å². The van der Waals surface area contributed by atoms with Gasteiger partial charge < -0.3 is 0 Å². The summed E-state index contributed by atoms with van der Waals surface area (Å²) in [5.41, 5.74) is 10.0. The molecule has 12 aromatic rings. The number of pyridine rings is 1. The van der Waals surface area contributed by atoms with Crippen molar-refractivity contribution in [3.8, 4) is 28.2 Å². The van der Waals surface area contributed by atoms with Crippen molar-refractivity contribution in [2.45, 2.75) is 0 Å². The van der Waals surface area contributed by atoms with Crippen LogP contribution in [0.1, 0.15) is 0 Å². The second-order valence-corrected chi connectivity index (χ2v) is 14.0. The molecule has 0 atom stereocenters. The first-order chi connectivity index (χ1) is 25.8. The van der Waals surface area contributed by atoms with Crippen molar-refractivity contribution in [1.82, 2.24) is 14.0 Å². The van der Waals surface area contributed by atoms with E-state index in [1.807, 2.05) is 0 Å². The Morgan fingerprint density at radius 1 is 0.365 bits per heavy atom. The van der Waals surface area contributed by atoms with Crippen LogP contribution < -0.4 is 0 Å². The van der Waals surface area contributed by atoms with Crippen LogP contribution >= 0.6 is 0 Å². The standard InChI is InChI=1S/C49H29N3/c1-2-14-32(15-3-1)42-28-36(29-43(50-42)35-23-22-30-12-4-5-16-33(30)26-35)51-47-38-19-9-6-13-31(38)24-25-40(47)46-41-27-34-17-7-8-18-37(34)45-39-20-10-11-21-44(39)52(48(41)45)49(46)51/h1-29H. The summed E-state index contributed by atoms with van der Waals surface area (Å²) in [6.07, 6.45) is 0. The molecule has 4 aromatic heterocycles. The average molecular weight is 660 g/mol. The molecule has 0 aliphatic rings. The highest BCUT2D eigenvalue weighted by Gasteiger charge is 2.27. The van der Waals surface area contributed by atoms with Crippen LogP contribution in [-0.4, -0.2) is 14.0 Å². The van der Waals surface area contributed by atoms with Crippen LogP contribution in [0.5, 0.6) is 0 Å². The van der Waals surface area contributed by atoms with E-state index < -0.39 is 0 Å². The maximum atomic E-state index is 5.36. The summed E-state index contributed by atoms with van der Waals surface area (Å²) >= 11 is 0. The minimum Gasteiger partial charge on any atom is -0.294 e. The van der Waals surface area contributed by atoms with Gasteiger partial charge in [-0.1, -0.05) is 146 Å². The highest BCUT2D eigenvalue weighted by Crippen LogP contribution is 2.48. The van der Waals surface area contributed by atoms with Crippen LogP contribution in [0, 0.1) is 0 Å². The average Bonchev–Trinajstić information content (AvgIpc) is 3.85. The molecule has 3 heteroatoms. The van der Waals surface area contributed by atoms with Crippen molar-refractivity contribution in [1.29, 1.82) is 0 Å². The summed E-state index contributed by atoms with van der Waals surface area (Å²) in [6, 6.07) is 64.0. The van der Waals surface area contributed by atoms with Crippen molar-refractivity contribution in [3.05, 3.63) is 176 Å². The lowest BCUT2D eigenvalue weighted by Crippen LogP contribution is -2.00. The Morgan fingerprint density at radius 3 is 1.87 bits per heavy atom. The molecular weight excluding hydrogens is 631 g/mol. The third-order valence-corrected chi connectivity index (χ3v) is 11.2. The summed E-state index contributed by atoms with van der Waals surface area (Å²) in [4.78, 5) is 5.36. The van der Waals surface area contributed by atoms with E-state index >= 15 is 0 Å². The Hall–Kier alpha value is -6.97. The molecule has 0 spiro atoms. The molecule has 0 unspecified atom stereocenters. The van der Waals surface area contributed by atoms with Crippen LogP contribution in [-0.2, 0) is 0 Å². The first-order valence-electron chi connectivity index (χ1n) is 17.9. The Bertz CT molecular complexity index is 3400. The number of rotatable bonds is 3. The van der Waals surface area contributed by atoms with E-state index in [1.54, 1.807) is 0 Å². The number of benzene rings is 8. The van der Waals surface area contributed by atoms with E-state index in [2.05, 4.69) is 185 Å². The SMILES string of the molecule is c1ccc(-c2cc(-n3c4c5ccccc5ccc4c4c5cc6ccccc6c6c7ccccc7n(c56)c43)cc(-c3ccc4ccccc4c3)n2)cc1. The van der Waals surface area contributed by atoms with Crippen LogP contribution in [0.2, 0.25) is 0 Å². The van der Waals surface area contributed by atoms with Gasteiger partial charge in [0.25, 0.3) is 0 Å². The van der Waals surface area contributed by atoms with Gasteiger partial charge in [0, 0.05) is 43.4 Å². The van der Waals surface area contributed by atoms with Gasteiger partial charge in [-0.3, -0.25) is 8.97 Å². The predicted molar refractivity (Wildman–Crippen MR) is 219 cm³/mol. The zero-order valence-corrected chi connectivity index (χ0v) is 28.1. The molecule has 0 radical (unpaired) electrons. The molecule has 240 valence electrons. The van der Waals surface area contributed by atoms with Gasteiger partial charge in [0.15, 0.2) is 0 Å². The van der Waals surface area contributed by atoms with Gasteiger partial charge in [-0.05, 0) is 57.3 Å². The smallest absolute Gasteiger partial charge is 0.131 e. The fourth-order valence-corrected chi connectivity index (χ4v) is 8.92. The molecule has 52 heavy (non-hydrogen) atoms. The Balaban J connectivity index is 1.31. The number of aromatic nitrogens is 3. The summed E-state index contributed by atoms with van der Waals surface area (Å²) < 4.78 is 5.07. The van der Waals surface area contributed by atoms with Crippen molar-refractivity contribution in [2.24, 2.45) is 0 Å². The quantitative estimate of drug-likeness (QED) is 0.185. The number of para-hydroxylation sites is 1. The molecule has 0 bridgehead atoms. The maximum absolute atomic E-state index is 5.36. The molecule has 0 saturated carbocycles. The molecule has 0 fully saturated rings. The normalized spacial score (nSPS) is 12.2. The Labute approximate surface area is 298 Å². The van der Waals surface area contributed by atoms with E-state index in [1.165, 1.54) is 81.4 Å². The van der Waals surface area contributed by atoms with Crippen LogP contribution in [0.3, 0.4) is 0 Å². The Morgan fingerprint density at radius 2 is 1.02 bits per heavy atom. The molecule has 0 amide bonds. The van der Waals surface area contributed by atoms with Crippen LogP contribution in [0.15, 0.2) is 176 Å². The van der Waals surface area contributed by atoms with E-state index in [0.717, 1.165) is 28.2 Å². The topological polar surface area (TPSA) is 22.2 Å². The molecular formula is C49H29N3. The van der Waals surface area contributed by atoms with Gasteiger partial charge in [0.05, 0.1) is 33.6 Å². The molecule has 4 heterocycles. The fourth-order valence-electron chi connectivity index (χ4n) is 8.92. The molecule has 0 N–H and O–H groups in total. The zero-order valence-electron chi connectivity index (χ0n) is 28.1. The summed E-state index contributed by atoms with van der Waals surface area (Å²) in [5.74, 6) is 0. The first-order valence-corrected chi connectivity index (χ1v) is 17.9. The molecule has 0 aliphatic heterocycles. The van der Waals surface area contributed by atoms with Crippen LogP contribution in [0.25, 0.3) is 110 Å². The molecule has 3 nitrogen and oxygen atoms in total. The van der Waals surface area contributed by atoms with Gasteiger partial charge in [0.2, 0.25) is 0 Å². The molecule has 0 saturated heterocycles. The lowest BCUT2D eigenvalue weighted by Gasteiger charge is -2.15. The fraction of sp³-hybridized carbons (Fsp3) is 0.